The minimum atomic E-state index is -3.99. The maximum atomic E-state index is 15.7. The number of halogens is 2. The normalized spacial score (nSPS) is 19.4. The molecule has 3 aliphatic rings. The highest BCUT2D eigenvalue weighted by molar-refractivity contribution is 7.90. The summed E-state index contributed by atoms with van der Waals surface area (Å²) >= 11 is 0. The van der Waals surface area contributed by atoms with Crippen molar-refractivity contribution in [3.63, 3.8) is 0 Å². The molecule has 2 saturated heterocycles. The minimum absolute atomic E-state index is 0.0597. The summed E-state index contributed by atoms with van der Waals surface area (Å²) in [6, 6.07) is 11.9. The van der Waals surface area contributed by atoms with Crippen molar-refractivity contribution in [2.24, 2.45) is 7.05 Å². The van der Waals surface area contributed by atoms with E-state index in [1.807, 2.05) is 12.1 Å². The van der Waals surface area contributed by atoms with E-state index in [4.69, 9.17) is 9.47 Å². The Morgan fingerprint density at radius 1 is 1.00 bits per heavy atom. The fourth-order valence-electron chi connectivity index (χ4n) is 8.29. The second kappa shape index (κ2) is 16.6. The molecule has 5 aromatic rings. The van der Waals surface area contributed by atoms with Crippen molar-refractivity contribution in [2.75, 3.05) is 42.8 Å². The Kier molecular flexibility index (Phi) is 11.3. The number of fused-ring (bicyclic) bond motifs is 2. The molecule has 3 aromatic carbocycles. The summed E-state index contributed by atoms with van der Waals surface area (Å²) in [7, 11) is -0.841. The molecule has 0 atom stereocenters. The third-order valence-corrected chi connectivity index (χ3v) is 13.3. The molecule has 3 amide bonds. The Hall–Kier alpha value is -5.97. The number of hydrogen-bond acceptors (Lipinski definition) is 11. The van der Waals surface area contributed by atoms with Gasteiger partial charge in [0.25, 0.3) is 0 Å². The number of benzene rings is 3. The first-order valence-electron chi connectivity index (χ1n) is 19.9. The zero-order valence-electron chi connectivity index (χ0n) is 33.3. The third kappa shape index (κ3) is 8.14. The van der Waals surface area contributed by atoms with Crippen molar-refractivity contribution in [2.45, 2.75) is 69.9 Å². The molecule has 1 saturated carbocycles. The summed E-state index contributed by atoms with van der Waals surface area (Å²) in [5.41, 5.74) is 1.92. The number of nitriles is 1. The number of hydrogen-bond donors (Lipinski definition) is 2. The molecule has 3 fully saturated rings. The number of urea groups is 1. The summed E-state index contributed by atoms with van der Waals surface area (Å²) in [5, 5.41) is 17.2. The molecule has 16 nitrogen and oxygen atoms in total. The van der Waals surface area contributed by atoms with Gasteiger partial charge in [-0.2, -0.15) is 23.1 Å². The number of aryl methyl sites for hydroxylation is 1. The van der Waals surface area contributed by atoms with Gasteiger partial charge in [0, 0.05) is 64.2 Å². The molecule has 0 unspecified atom stereocenters. The molecule has 19 heteroatoms. The van der Waals surface area contributed by atoms with Crippen LogP contribution in [0.2, 0.25) is 0 Å². The predicted molar refractivity (Wildman–Crippen MR) is 218 cm³/mol. The number of nitrogens with one attached hydrogen (secondary N) is 2. The van der Waals surface area contributed by atoms with E-state index in [1.165, 1.54) is 24.1 Å². The van der Waals surface area contributed by atoms with Gasteiger partial charge in [0.15, 0.2) is 17.4 Å². The van der Waals surface area contributed by atoms with Crippen molar-refractivity contribution in [1.29, 1.82) is 5.26 Å². The fraction of sp³-hybridized carbons (Fsp3) is 0.415. The van der Waals surface area contributed by atoms with Gasteiger partial charge in [0.1, 0.15) is 29.3 Å². The van der Waals surface area contributed by atoms with Crippen LogP contribution in [0.25, 0.3) is 21.9 Å². The highest BCUT2D eigenvalue weighted by Gasteiger charge is 2.33. The van der Waals surface area contributed by atoms with Gasteiger partial charge in [-0.1, -0.05) is 6.92 Å². The van der Waals surface area contributed by atoms with Gasteiger partial charge in [-0.3, -0.25) is 24.4 Å². The average molecular weight is 843 g/mol. The van der Waals surface area contributed by atoms with Crippen LogP contribution in [0.4, 0.5) is 25.1 Å². The molecule has 2 aliphatic heterocycles. The monoisotopic (exact) mass is 842 g/mol. The van der Waals surface area contributed by atoms with E-state index in [1.54, 1.807) is 43.0 Å². The Balaban J connectivity index is 0.873. The summed E-state index contributed by atoms with van der Waals surface area (Å²) in [6.07, 6.45) is 6.74. The van der Waals surface area contributed by atoms with Gasteiger partial charge in [-0.25, -0.2) is 23.5 Å². The number of carbonyl (C=O) groups is 2. The number of nitrogens with zero attached hydrogens (tertiary/aromatic N) is 8. The van der Waals surface area contributed by atoms with Crippen molar-refractivity contribution in [3.05, 3.63) is 71.4 Å². The number of piperidine rings is 1. The van der Waals surface area contributed by atoms with Gasteiger partial charge in [-0.05, 0) is 86.4 Å². The molecule has 0 radical (unpaired) electrons. The number of carbonyl (C=O) groups excluding carboxylic acids is 2. The number of imide groups is 1. The minimum Gasteiger partial charge on any atom is -0.473 e. The van der Waals surface area contributed by atoms with Crippen molar-refractivity contribution >= 4 is 55.6 Å². The average Bonchev–Trinajstić information content (AvgIpc) is 3.55. The third-order valence-electron chi connectivity index (χ3n) is 11.7. The quantitative estimate of drug-likeness (QED) is 0.157. The smallest absolute Gasteiger partial charge is 0.329 e. The number of aromatic nitrogens is 4. The second-order valence-corrected chi connectivity index (χ2v) is 17.1. The van der Waals surface area contributed by atoms with Crippen LogP contribution in [0.15, 0.2) is 48.7 Å². The summed E-state index contributed by atoms with van der Waals surface area (Å²) < 4.78 is 73.1. The molecular weight excluding hydrogens is 799 g/mol. The lowest BCUT2D eigenvalue weighted by Gasteiger charge is -2.40. The summed E-state index contributed by atoms with van der Waals surface area (Å²) in [4.78, 5) is 37.1. The highest BCUT2D eigenvalue weighted by Crippen LogP contribution is 2.40. The SMILES string of the molecule is CCN(C)S(=O)(=O)Nc1ccc(F)c(Oc2ccc3ncc(OC4CCN(C5CCC(c6cc7c(cc6F)c(N6CCC(=O)NC6=O)nn7C)CC5)CC4)nc3c2)c1C#N. The summed E-state index contributed by atoms with van der Waals surface area (Å²) in [5.74, 6) is -1.05. The van der Waals surface area contributed by atoms with E-state index in [0.29, 0.717) is 39.7 Å². The Morgan fingerprint density at radius 2 is 1.77 bits per heavy atom. The number of amides is 3. The fourth-order valence-corrected chi connectivity index (χ4v) is 9.23. The first kappa shape index (κ1) is 40.8. The zero-order chi connectivity index (χ0) is 42.3. The van der Waals surface area contributed by atoms with Crippen LogP contribution in [0, 0.1) is 23.0 Å². The Labute approximate surface area is 345 Å². The molecule has 4 heterocycles. The van der Waals surface area contributed by atoms with Gasteiger partial charge in [0.2, 0.25) is 11.8 Å². The van der Waals surface area contributed by atoms with Crippen LogP contribution in [0.5, 0.6) is 17.4 Å². The van der Waals surface area contributed by atoms with E-state index in [9.17, 15) is 23.3 Å². The molecule has 314 valence electrons. The maximum absolute atomic E-state index is 15.7. The number of anilines is 2. The van der Waals surface area contributed by atoms with Gasteiger partial charge < -0.3 is 14.4 Å². The number of ether oxygens (including phenoxy) is 2. The van der Waals surface area contributed by atoms with E-state index in [0.717, 1.165) is 67.5 Å². The first-order chi connectivity index (χ1) is 28.8. The largest absolute Gasteiger partial charge is 0.473 e. The molecule has 0 spiro atoms. The molecule has 60 heavy (non-hydrogen) atoms. The standard InChI is InChI=1S/C41H44F2N10O6S/c1-4-50(2)60(56,57)49-33-12-10-31(42)39(30(33)22-44)59-27-9-11-34-35(19-27)46-38(23-45-34)58-26-13-16-52(17-14-26)25-7-5-24(6-8-25)28-21-36-29(20-32(28)43)40(48-51(36)3)53-18-15-37(54)47-41(53)55/h9-12,19-21,23-26,49H,4-8,13-18H2,1-3H3,(H,47,54,55). The Bertz CT molecular complexity index is 2640. The van der Waals surface area contributed by atoms with Crippen LogP contribution in [0.3, 0.4) is 0 Å². The molecule has 2 aromatic heterocycles. The zero-order valence-corrected chi connectivity index (χ0v) is 34.1. The van der Waals surface area contributed by atoms with Gasteiger partial charge in [-0.15, -0.1) is 0 Å². The van der Waals surface area contributed by atoms with Crippen LogP contribution in [-0.4, -0.2) is 94.7 Å². The highest BCUT2D eigenvalue weighted by atomic mass is 32.2. The second-order valence-electron chi connectivity index (χ2n) is 15.3. The van der Waals surface area contributed by atoms with Crippen molar-refractivity contribution < 1.29 is 36.3 Å². The van der Waals surface area contributed by atoms with E-state index < -0.39 is 27.8 Å². The van der Waals surface area contributed by atoms with Crippen LogP contribution < -0.4 is 24.4 Å². The molecule has 1 aliphatic carbocycles. The first-order valence-corrected chi connectivity index (χ1v) is 21.3. The lowest BCUT2D eigenvalue weighted by Crippen LogP contribution is -2.49. The maximum Gasteiger partial charge on any atom is 0.329 e. The van der Waals surface area contributed by atoms with Crippen molar-refractivity contribution in [3.8, 4) is 23.4 Å². The van der Waals surface area contributed by atoms with Gasteiger partial charge in [0.05, 0.1) is 28.4 Å². The summed E-state index contributed by atoms with van der Waals surface area (Å²) in [6.45, 7) is 3.70. The Morgan fingerprint density at radius 3 is 2.48 bits per heavy atom. The van der Waals surface area contributed by atoms with Gasteiger partial charge >= 0.3 is 16.2 Å². The number of rotatable bonds is 11. The lowest BCUT2D eigenvalue weighted by molar-refractivity contribution is -0.120. The topological polar surface area (TPSA) is 188 Å². The molecule has 8 rings (SSSR count). The van der Waals surface area contributed by atoms with E-state index in [-0.39, 0.29) is 60.3 Å². The van der Waals surface area contributed by atoms with Crippen LogP contribution in [-0.2, 0) is 22.1 Å². The molecular formula is C41H44F2N10O6S. The predicted octanol–water partition coefficient (Wildman–Crippen LogP) is 6.08. The van der Waals surface area contributed by atoms with E-state index >= 15 is 8.78 Å². The molecule has 0 bridgehead atoms. The number of likely N-dealkylation sites (tertiary alicyclic amines) is 1. The van der Waals surface area contributed by atoms with E-state index in [2.05, 4.69) is 30.0 Å². The van der Waals surface area contributed by atoms with Crippen LogP contribution >= 0.6 is 0 Å². The van der Waals surface area contributed by atoms with Crippen molar-refractivity contribution in [1.82, 2.24) is 34.3 Å². The molecule has 2 N–H and O–H groups in total. The van der Waals surface area contributed by atoms with Crippen LogP contribution in [0.1, 0.15) is 68.9 Å². The lowest BCUT2D eigenvalue weighted by atomic mass is 9.80.